The highest BCUT2D eigenvalue weighted by atomic mass is 35.5. The molecule has 1 aliphatic heterocycles. The van der Waals surface area contributed by atoms with Crippen LogP contribution < -0.4 is 15.4 Å². The van der Waals surface area contributed by atoms with Gasteiger partial charge in [-0.2, -0.15) is 0 Å². The van der Waals surface area contributed by atoms with Gasteiger partial charge in [-0.15, -0.1) is 11.3 Å². The molecule has 7 heteroatoms. The molecule has 30 heavy (non-hydrogen) atoms. The Kier molecular flexibility index (Phi) is 4.97. The quantitative estimate of drug-likeness (QED) is 0.427. The number of nitrogens with one attached hydrogen (secondary N) is 2. The highest BCUT2D eigenvalue weighted by Crippen LogP contribution is 2.41. The van der Waals surface area contributed by atoms with E-state index < -0.39 is 5.97 Å². The molecule has 2 aromatic carbocycles. The van der Waals surface area contributed by atoms with Crippen LogP contribution in [0.4, 0.5) is 5.00 Å². The number of hydrogen-bond acceptors (Lipinski definition) is 5. The van der Waals surface area contributed by atoms with E-state index >= 15 is 0 Å². The second-order valence-electron chi connectivity index (χ2n) is 7.43. The predicted octanol–water partition coefficient (Wildman–Crippen LogP) is 5.35. The maximum Gasteiger partial charge on any atom is 0.343 e. The molecule has 1 unspecified atom stereocenters. The number of anilines is 1. The van der Waals surface area contributed by atoms with E-state index in [-0.39, 0.29) is 12.1 Å². The first-order chi connectivity index (χ1) is 14.6. The van der Waals surface area contributed by atoms with Gasteiger partial charge < -0.3 is 15.4 Å². The van der Waals surface area contributed by atoms with Gasteiger partial charge >= 0.3 is 5.97 Å². The molecule has 1 aromatic heterocycles. The van der Waals surface area contributed by atoms with Crippen LogP contribution in [0, 0.1) is 0 Å². The molecule has 2 aliphatic rings. The van der Waals surface area contributed by atoms with Gasteiger partial charge in [0, 0.05) is 9.90 Å². The summed E-state index contributed by atoms with van der Waals surface area (Å²) in [5.74, 6) is -0.0307. The minimum atomic E-state index is -0.447. The van der Waals surface area contributed by atoms with Crippen LogP contribution in [0.25, 0.3) is 0 Å². The van der Waals surface area contributed by atoms with Gasteiger partial charge in [0.1, 0.15) is 16.9 Å². The predicted molar refractivity (Wildman–Crippen MR) is 118 cm³/mol. The Hall–Kier alpha value is -2.83. The number of aryl methyl sites for hydroxylation is 1. The van der Waals surface area contributed by atoms with Crippen LogP contribution in [0.3, 0.4) is 0 Å². The second-order valence-corrected chi connectivity index (χ2v) is 8.97. The van der Waals surface area contributed by atoms with Crippen LogP contribution in [-0.2, 0) is 12.8 Å². The van der Waals surface area contributed by atoms with E-state index in [0.717, 1.165) is 35.4 Å². The lowest BCUT2D eigenvalue weighted by Gasteiger charge is -2.27. The van der Waals surface area contributed by atoms with Crippen molar-refractivity contribution in [3.8, 4) is 5.75 Å². The zero-order valence-corrected chi connectivity index (χ0v) is 17.6. The fraction of sp³-hybridized carbons (Fsp3) is 0.217. The van der Waals surface area contributed by atoms with Gasteiger partial charge in [-0.05, 0) is 73.2 Å². The normalized spacial score (nSPS) is 17.4. The number of carbonyl (C=O) groups is 2. The lowest BCUT2D eigenvalue weighted by atomic mass is 9.94. The van der Waals surface area contributed by atoms with Gasteiger partial charge in [0.05, 0.1) is 11.1 Å². The van der Waals surface area contributed by atoms with Gasteiger partial charge in [-0.1, -0.05) is 23.7 Å². The molecule has 0 radical (unpaired) electrons. The maximum absolute atomic E-state index is 12.8. The number of hydrogen-bond donors (Lipinski definition) is 2. The summed E-state index contributed by atoms with van der Waals surface area (Å²) in [6.45, 7) is 0. The summed E-state index contributed by atoms with van der Waals surface area (Å²) < 4.78 is 5.43. The van der Waals surface area contributed by atoms with E-state index in [1.807, 2.05) is 12.1 Å². The minimum absolute atomic E-state index is 0.0219. The monoisotopic (exact) mass is 438 g/mol. The fourth-order valence-electron chi connectivity index (χ4n) is 3.93. The molecular formula is C23H19ClN2O3S. The van der Waals surface area contributed by atoms with Crippen molar-refractivity contribution in [3.05, 3.63) is 80.7 Å². The molecule has 3 aromatic rings. The SMILES string of the molecule is O=C(Oc1ccc(C2NC(=O)c3c(sc4c3CCCC4)N2)cc1)c1ccc(Cl)cc1. The Labute approximate surface area is 183 Å². The first-order valence-electron chi connectivity index (χ1n) is 9.88. The smallest absolute Gasteiger partial charge is 0.343 e. The standard InChI is InChI=1S/C23H19ClN2O3S/c24-15-9-5-14(6-10-15)23(28)29-16-11-7-13(8-12-16)20-25-21(27)19-17-3-1-2-4-18(17)30-22(19)26-20/h5-12,20,26H,1-4H2,(H,25,27). The van der Waals surface area contributed by atoms with Crippen LogP contribution in [0.5, 0.6) is 5.75 Å². The van der Waals surface area contributed by atoms with Crippen LogP contribution in [0.15, 0.2) is 48.5 Å². The van der Waals surface area contributed by atoms with Crippen molar-refractivity contribution in [1.29, 1.82) is 0 Å². The number of amides is 1. The zero-order valence-electron chi connectivity index (χ0n) is 16.0. The molecule has 2 heterocycles. The fourth-order valence-corrected chi connectivity index (χ4v) is 5.37. The highest BCUT2D eigenvalue weighted by Gasteiger charge is 2.31. The number of fused-ring (bicyclic) bond motifs is 3. The van der Waals surface area contributed by atoms with E-state index in [0.29, 0.717) is 16.3 Å². The molecule has 152 valence electrons. The van der Waals surface area contributed by atoms with Crippen molar-refractivity contribution in [1.82, 2.24) is 5.32 Å². The van der Waals surface area contributed by atoms with Crippen LogP contribution in [-0.4, -0.2) is 11.9 Å². The number of benzene rings is 2. The third-order valence-electron chi connectivity index (χ3n) is 5.45. The summed E-state index contributed by atoms with van der Waals surface area (Å²) in [6, 6.07) is 13.7. The number of rotatable bonds is 3. The topological polar surface area (TPSA) is 67.4 Å². The lowest BCUT2D eigenvalue weighted by molar-refractivity contribution is 0.0734. The Morgan fingerprint density at radius 2 is 1.73 bits per heavy atom. The lowest BCUT2D eigenvalue weighted by Crippen LogP contribution is -2.38. The highest BCUT2D eigenvalue weighted by molar-refractivity contribution is 7.16. The first-order valence-corrected chi connectivity index (χ1v) is 11.1. The van der Waals surface area contributed by atoms with Crippen LogP contribution in [0.1, 0.15) is 55.7 Å². The van der Waals surface area contributed by atoms with Crippen molar-refractivity contribution in [2.75, 3.05) is 5.32 Å². The Balaban J connectivity index is 1.31. The van der Waals surface area contributed by atoms with E-state index in [1.165, 1.54) is 16.9 Å². The average Bonchev–Trinajstić information content (AvgIpc) is 3.13. The minimum Gasteiger partial charge on any atom is -0.423 e. The Morgan fingerprint density at radius 1 is 1.00 bits per heavy atom. The number of ether oxygens (including phenoxy) is 1. The van der Waals surface area contributed by atoms with Gasteiger partial charge in [0.15, 0.2) is 0 Å². The summed E-state index contributed by atoms with van der Waals surface area (Å²) in [4.78, 5) is 26.4. The molecule has 0 bridgehead atoms. The summed E-state index contributed by atoms with van der Waals surface area (Å²) in [7, 11) is 0. The molecule has 0 fully saturated rings. The first kappa shape index (κ1) is 19.2. The summed E-state index contributed by atoms with van der Waals surface area (Å²) in [5, 5.41) is 8.03. The van der Waals surface area contributed by atoms with Gasteiger partial charge in [-0.25, -0.2) is 4.79 Å². The van der Waals surface area contributed by atoms with Gasteiger partial charge in [-0.3, -0.25) is 4.79 Å². The van der Waals surface area contributed by atoms with E-state index in [2.05, 4.69) is 10.6 Å². The van der Waals surface area contributed by atoms with Crippen LogP contribution in [0.2, 0.25) is 5.02 Å². The summed E-state index contributed by atoms with van der Waals surface area (Å²) >= 11 is 7.55. The molecule has 0 saturated carbocycles. The van der Waals surface area contributed by atoms with E-state index in [9.17, 15) is 9.59 Å². The molecule has 1 aliphatic carbocycles. The zero-order chi connectivity index (χ0) is 20.7. The molecule has 5 nitrogen and oxygen atoms in total. The summed E-state index contributed by atoms with van der Waals surface area (Å²) in [6.07, 6.45) is 4.05. The van der Waals surface area contributed by atoms with Crippen molar-refractivity contribution < 1.29 is 14.3 Å². The number of esters is 1. The van der Waals surface area contributed by atoms with Gasteiger partial charge in [0.25, 0.3) is 5.91 Å². The number of thiophene rings is 1. The largest absolute Gasteiger partial charge is 0.423 e. The molecule has 0 saturated heterocycles. The molecule has 1 atom stereocenters. The maximum atomic E-state index is 12.8. The Morgan fingerprint density at radius 3 is 2.50 bits per heavy atom. The molecule has 2 N–H and O–H groups in total. The second kappa shape index (κ2) is 7.78. The van der Waals surface area contributed by atoms with E-state index in [1.54, 1.807) is 47.7 Å². The molecule has 0 spiro atoms. The van der Waals surface area contributed by atoms with Crippen molar-refractivity contribution >= 4 is 39.8 Å². The van der Waals surface area contributed by atoms with Crippen molar-refractivity contribution in [3.63, 3.8) is 0 Å². The molecule has 5 rings (SSSR count). The number of halogens is 1. The third-order valence-corrected chi connectivity index (χ3v) is 6.93. The van der Waals surface area contributed by atoms with Crippen molar-refractivity contribution in [2.24, 2.45) is 0 Å². The van der Waals surface area contributed by atoms with Crippen molar-refractivity contribution in [2.45, 2.75) is 31.8 Å². The average molecular weight is 439 g/mol. The third kappa shape index (κ3) is 3.57. The van der Waals surface area contributed by atoms with Crippen LogP contribution >= 0.6 is 22.9 Å². The molecular weight excluding hydrogens is 420 g/mol. The molecule has 1 amide bonds. The number of carbonyl (C=O) groups excluding carboxylic acids is 2. The van der Waals surface area contributed by atoms with E-state index in [4.69, 9.17) is 16.3 Å². The Bertz CT molecular complexity index is 1120. The van der Waals surface area contributed by atoms with Gasteiger partial charge in [0.2, 0.25) is 0 Å². The summed E-state index contributed by atoms with van der Waals surface area (Å²) in [5.41, 5.74) is 3.36.